The number of hydrogen-bond acceptors (Lipinski definition) is 8. The van der Waals surface area contributed by atoms with Crippen LogP contribution in [0.5, 0.6) is 0 Å². The van der Waals surface area contributed by atoms with E-state index in [2.05, 4.69) is 35.5 Å². The van der Waals surface area contributed by atoms with Crippen molar-refractivity contribution in [2.45, 2.75) is 13.8 Å². The average Bonchev–Trinajstić information content (AvgIpc) is 2.66. The minimum atomic E-state index is -0.243. The smallest absolute Gasteiger partial charge is 0.271 e. The van der Waals surface area contributed by atoms with E-state index < -0.39 is 0 Å². The second kappa shape index (κ2) is 8.52. The molecule has 1 saturated heterocycles. The molecule has 1 amide bonds. The number of anilines is 2. The fraction of sp³-hybridized carbons (Fsp3) is 0.471. The van der Waals surface area contributed by atoms with Gasteiger partial charge < -0.3 is 20.3 Å². The standard InChI is InChI=1S/C17H23N7O2/c1-12-10-21-14(11-20-12)17(25)19-4-3-18-15-9-16(23-13(2)22-15)24-5-7-26-8-6-24/h9-11H,3-8H2,1-2H3,(H,19,25)(H,18,22,23). The third-order valence-corrected chi connectivity index (χ3v) is 3.89. The van der Waals surface area contributed by atoms with Crippen molar-refractivity contribution in [3.05, 3.63) is 35.7 Å². The molecule has 0 atom stereocenters. The number of carbonyl (C=O) groups is 1. The monoisotopic (exact) mass is 357 g/mol. The number of carbonyl (C=O) groups excluding carboxylic acids is 1. The number of morpholine rings is 1. The number of aryl methyl sites for hydroxylation is 2. The van der Waals surface area contributed by atoms with E-state index in [1.54, 1.807) is 6.20 Å². The van der Waals surface area contributed by atoms with Gasteiger partial charge in [0.05, 0.1) is 25.1 Å². The van der Waals surface area contributed by atoms with Gasteiger partial charge in [-0.05, 0) is 13.8 Å². The van der Waals surface area contributed by atoms with Gasteiger partial charge in [-0.1, -0.05) is 0 Å². The molecule has 0 aliphatic carbocycles. The fourth-order valence-electron chi connectivity index (χ4n) is 2.56. The Hall–Kier alpha value is -2.81. The second-order valence-corrected chi connectivity index (χ2v) is 5.98. The normalized spacial score (nSPS) is 14.2. The van der Waals surface area contributed by atoms with Crippen molar-refractivity contribution < 1.29 is 9.53 Å². The number of rotatable bonds is 6. The molecule has 2 N–H and O–H groups in total. The van der Waals surface area contributed by atoms with E-state index in [1.807, 2.05) is 19.9 Å². The number of ether oxygens (including phenoxy) is 1. The van der Waals surface area contributed by atoms with Crippen LogP contribution in [-0.2, 0) is 4.74 Å². The van der Waals surface area contributed by atoms with Crippen LogP contribution in [0.15, 0.2) is 18.5 Å². The Kier molecular flexibility index (Phi) is 5.90. The predicted molar refractivity (Wildman–Crippen MR) is 97.4 cm³/mol. The van der Waals surface area contributed by atoms with Crippen molar-refractivity contribution in [2.75, 3.05) is 49.6 Å². The zero-order valence-corrected chi connectivity index (χ0v) is 15.0. The quantitative estimate of drug-likeness (QED) is 0.723. The van der Waals surface area contributed by atoms with E-state index in [1.165, 1.54) is 6.20 Å². The van der Waals surface area contributed by atoms with Gasteiger partial charge in [-0.3, -0.25) is 9.78 Å². The van der Waals surface area contributed by atoms with E-state index in [4.69, 9.17) is 4.74 Å². The number of nitrogens with zero attached hydrogens (tertiary/aromatic N) is 5. The highest BCUT2D eigenvalue weighted by Crippen LogP contribution is 2.16. The first-order valence-electron chi connectivity index (χ1n) is 8.61. The van der Waals surface area contributed by atoms with E-state index in [9.17, 15) is 4.79 Å². The Labute approximate surface area is 152 Å². The molecule has 0 unspecified atom stereocenters. The third kappa shape index (κ3) is 4.85. The van der Waals surface area contributed by atoms with Gasteiger partial charge in [0.2, 0.25) is 0 Å². The maximum atomic E-state index is 12.0. The molecule has 3 heterocycles. The van der Waals surface area contributed by atoms with Crippen LogP contribution in [0, 0.1) is 13.8 Å². The van der Waals surface area contributed by atoms with Crippen molar-refractivity contribution in [3.8, 4) is 0 Å². The van der Waals surface area contributed by atoms with Gasteiger partial charge in [-0.15, -0.1) is 0 Å². The second-order valence-electron chi connectivity index (χ2n) is 5.98. The van der Waals surface area contributed by atoms with Crippen molar-refractivity contribution >= 4 is 17.5 Å². The SMILES string of the molecule is Cc1cnc(C(=O)NCCNc2cc(N3CCOCC3)nc(C)n2)cn1. The molecule has 0 bridgehead atoms. The van der Waals surface area contributed by atoms with Crippen molar-refractivity contribution in [2.24, 2.45) is 0 Å². The number of hydrogen-bond donors (Lipinski definition) is 2. The minimum Gasteiger partial charge on any atom is -0.378 e. The highest BCUT2D eigenvalue weighted by atomic mass is 16.5. The van der Waals surface area contributed by atoms with Gasteiger partial charge in [-0.2, -0.15) is 0 Å². The van der Waals surface area contributed by atoms with E-state index >= 15 is 0 Å². The summed E-state index contributed by atoms with van der Waals surface area (Å²) in [5.74, 6) is 2.09. The first kappa shape index (κ1) is 18.0. The first-order valence-corrected chi connectivity index (χ1v) is 8.61. The molecule has 9 heteroatoms. The average molecular weight is 357 g/mol. The van der Waals surface area contributed by atoms with Crippen LogP contribution in [0.4, 0.5) is 11.6 Å². The van der Waals surface area contributed by atoms with Crippen molar-refractivity contribution in [1.29, 1.82) is 0 Å². The first-order chi connectivity index (χ1) is 12.6. The lowest BCUT2D eigenvalue weighted by Gasteiger charge is -2.28. The molecule has 1 aliphatic heterocycles. The van der Waals surface area contributed by atoms with Gasteiger partial charge >= 0.3 is 0 Å². The molecular formula is C17H23N7O2. The molecule has 0 saturated carbocycles. The Bertz CT molecular complexity index is 745. The Morgan fingerprint density at radius 3 is 2.69 bits per heavy atom. The molecule has 0 spiro atoms. The molecule has 2 aromatic rings. The summed E-state index contributed by atoms with van der Waals surface area (Å²) < 4.78 is 5.38. The van der Waals surface area contributed by atoms with Crippen LogP contribution in [0.25, 0.3) is 0 Å². The third-order valence-electron chi connectivity index (χ3n) is 3.89. The summed E-state index contributed by atoms with van der Waals surface area (Å²) in [5, 5.41) is 6.03. The van der Waals surface area contributed by atoms with Crippen LogP contribution >= 0.6 is 0 Å². The molecule has 0 radical (unpaired) electrons. The summed E-state index contributed by atoms with van der Waals surface area (Å²) in [6.45, 7) is 7.75. The predicted octanol–water partition coefficient (Wildman–Crippen LogP) is 0.562. The lowest BCUT2D eigenvalue weighted by atomic mass is 10.3. The van der Waals surface area contributed by atoms with Crippen LogP contribution < -0.4 is 15.5 Å². The van der Waals surface area contributed by atoms with Gasteiger partial charge in [0.1, 0.15) is 23.2 Å². The van der Waals surface area contributed by atoms with Crippen LogP contribution in [0.3, 0.4) is 0 Å². The number of aromatic nitrogens is 4. The summed E-state index contributed by atoms with van der Waals surface area (Å²) in [5.41, 5.74) is 1.08. The van der Waals surface area contributed by atoms with E-state index in [0.29, 0.717) is 37.8 Å². The zero-order valence-electron chi connectivity index (χ0n) is 15.0. The molecule has 0 aromatic carbocycles. The largest absolute Gasteiger partial charge is 0.378 e. The van der Waals surface area contributed by atoms with E-state index in [-0.39, 0.29) is 5.91 Å². The lowest BCUT2D eigenvalue weighted by Crippen LogP contribution is -2.37. The number of amides is 1. The van der Waals surface area contributed by atoms with Crippen LogP contribution in [0.2, 0.25) is 0 Å². The maximum absolute atomic E-state index is 12.0. The number of nitrogens with one attached hydrogen (secondary N) is 2. The van der Waals surface area contributed by atoms with Crippen LogP contribution in [0.1, 0.15) is 22.0 Å². The van der Waals surface area contributed by atoms with Gasteiger partial charge in [-0.25, -0.2) is 15.0 Å². The summed E-state index contributed by atoms with van der Waals surface area (Å²) in [4.78, 5) is 31.2. The molecular weight excluding hydrogens is 334 g/mol. The summed E-state index contributed by atoms with van der Waals surface area (Å²) >= 11 is 0. The van der Waals surface area contributed by atoms with Gasteiger partial charge in [0, 0.05) is 38.4 Å². The van der Waals surface area contributed by atoms with Crippen LogP contribution in [-0.4, -0.2) is 65.2 Å². The minimum absolute atomic E-state index is 0.243. The fourth-order valence-corrected chi connectivity index (χ4v) is 2.56. The summed E-state index contributed by atoms with van der Waals surface area (Å²) in [7, 11) is 0. The Balaban J connectivity index is 1.50. The molecule has 2 aromatic heterocycles. The molecule has 1 aliphatic rings. The summed E-state index contributed by atoms with van der Waals surface area (Å²) in [6.07, 6.45) is 3.05. The molecule has 26 heavy (non-hydrogen) atoms. The van der Waals surface area contributed by atoms with Crippen molar-refractivity contribution in [3.63, 3.8) is 0 Å². The molecule has 9 nitrogen and oxygen atoms in total. The highest BCUT2D eigenvalue weighted by Gasteiger charge is 2.14. The topological polar surface area (TPSA) is 105 Å². The lowest BCUT2D eigenvalue weighted by molar-refractivity contribution is 0.0949. The summed E-state index contributed by atoms with van der Waals surface area (Å²) in [6, 6.07) is 1.92. The molecule has 1 fully saturated rings. The molecule has 138 valence electrons. The van der Waals surface area contributed by atoms with Gasteiger partial charge in [0.25, 0.3) is 5.91 Å². The molecule has 3 rings (SSSR count). The maximum Gasteiger partial charge on any atom is 0.271 e. The zero-order chi connectivity index (χ0) is 18.4. The highest BCUT2D eigenvalue weighted by molar-refractivity contribution is 5.91. The van der Waals surface area contributed by atoms with Crippen molar-refractivity contribution in [1.82, 2.24) is 25.3 Å². The van der Waals surface area contributed by atoms with Gasteiger partial charge in [0.15, 0.2) is 0 Å². The Morgan fingerprint density at radius 2 is 1.96 bits per heavy atom. The Morgan fingerprint density at radius 1 is 1.15 bits per heavy atom. The van der Waals surface area contributed by atoms with E-state index in [0.717, 1.165) is 30.4 Å².